The quantitative estimate of drug-likeness (QED) is 0.614. The molecule has 2 aromatic carbocycles. The van der Waals surface area contributed by atoms with Crippen molar-refractivity contribution < 1.29 is 18.9 Å². The van der Waals surface area contributed by atoms with Crippen molar-refractivity contribution >= 4 is 11.3 Å². The van der Waals surface area contributed by atoms with Crippen LogP contribution in [0.5, 0.6) is 23.0 Å². The third-order valence-electron chi connectivity index (χ3n) is 3.88. The summed E-state index contributed by atoms with van der Waals surface area (Å²) in [7, 11) is 6.61. The molecule has 0 fully saturated rings. The van der Waals surface area contributed by atoms with E-state index in [0.717, 1.165) is 43.9 Å². The first-order valence-corrected chi connectivity index (χ1v) is 8.55. The highest BCUT2D eigenvalue weighted by atomic mass is 32.1. The summed E-state index contributed by atoms with van der Waals surface area (Å²) >= 11 is 1.69. The molecule has 0 unspecified atom stereocenters. The number of hydrogen-bond donors (Lipinski definition) is 0. The topological polar surface area (TPSA) is 36.9 Å². The fraction of sp³-hybridized carbons (Fsp3) is 0.200. The lowest BCUT2D eigenvalue weighted by Crippen LogP contribution is -1.88. The van der Waals surface area contributed by atoms with Crippen LogP contribution in [0.15, 0.2) is 48.5 Å². The lowest BCUT2D eigenvalue weighted by molar-refractivity contribution is 0.394. The van der Waals surface area contributed by atoms with Gasteiger partial charge in [0.2, 0.25) is 0 Å². The van der Waals surface area contributed by atoms with Gasteiger partial charge in [0, 0.05) is 21.9 Å². The van der Waals surface area contributed by atoms with Crippen LogP contribution >= 0.6 is 11.3 Å². The Morgan fingerprint density at radius 1 is 0.520 bits per heavy atom. The number of hydrogen-bond acceptors (Lipinski definition) is 5. The Morgan fingerprint density at radius 2 is 0.840 bits per heavy atom. The maximum absolute atomic E-state index is 5.36. The molecule has 4 nitrogen and oxygen atoms in total. The zero-order chi connectivity index (χ0) is 17.8. The van der Waals surface area contributed by atoms with E-state index in [1.807, 2.05) is 36.4 Å². The van der Waals surface area contributed by atoms with Crippen molar-refractivity contribution in [2.24, 2.45) is 0 Å². The molecule has 0 aliphatic heterocycles. The molecular formula is C20H20O4S. The molecule has 25 heavy (non-hydrogen) atoms. The number of thiophene rings is 1. The molecule has 3 rings (SSSR count). The second kappa shape index (κ2) is 7.49. The zero-order valence-electron chi connectivity index (χ0n) is 14.7. The van der Waals surface area contributed by atoms with Crippen LogP contribution < -0.4 is 18.9 Å². The Kier molecular flexibility index (Phi) is 5.14. The predicted molar refractivity (Wildman–Crippen MR) is 101 cm³/mol. The molecule has 5 heteroatoms. The summed E-state index contributed by atoms with van der Waals surface area (Å²) in [6.45, 7) is 0. The highest BCUT2D eigenvalue weighted by molar-refractivity contribution is 7.18. The van der Waals surface area contributed by atoms with Gasteiger partial charge in [-0.3, -0.25) is 0 Å². The van der Waals surface area contributed by atoms with Gasteiger partial charge in [-0.25, -0.2) is 0 Å². The Morgan fingerprint density at radius 3 is 1.12 bits per heavy atom. The third kappa shape index (κ3) is 3.72. The van der Waals surface area contributed by atoms with Gasteiger partial charge in [-0.15, -0.1) is 11.3 Å². The van der Waals surface area contributed by atoms with E-state index < -0.39 is 0 Å². The summed E-state index contributed by atoms with van der Waals surface area (Å²) in [4.78, 5) is 2.27. The summed E-state index contributed by atoms with van der Waals surface area (Å²) < 4.78 is 21.4. The molecule has 0 radical (unpaired) electrons. The molecule has 1 heterocycles. The zero-order valence-corrected chi connectivity index (χ0v) is 15.5. The van der Waals surface area contributed by atoms with E-state index in [4.69, 9.17) is 18.9 Å². The van der Waals surface area contributed by atoms with E-state index in [0.29, 0.717) is 0 Å². The van der Waals surface area contributed by atoms with Crippen molar-refractivity contribution in [3.05, 3.63) is 48.5 Å². The number of rotatable bonds is 6. The normalized spacial score (nSPS) is 10.4. The number of benzene rings is 2. The van der Waals surface area contributed by atoms with Crippen LogP contribution in [0.1, 0.15) is 0 Å². The Balaban J connectivity index is 2.01. The first kappa shape index (κ1) is 17.2. The van der Waals surface area contributed by atoms with Crippen molar-refractivity contribution in [2.45, 2.75) is 0 Å². The van der Waals surface area contributed by atoms with E-state index in [2.05, 4.69) is 12.1 Å². The van der Waals surface area contributed by atoms with Gasteiger partial charge in [-0.2, -0.15) is 0 Å². The molecule has 0 spiro atoms. The average Bonchev–Trinajstić information content (AvgIpc) is 3.17. The van der Waals surface area contributed by atoms with E-state index in [1.54, 1.807) is 39.8 Å². The minimum absolute atomic E-state index is 0.771. The van der Waals surface area contributed by atoms with Gasteiger partial charge in [-0.05, 0) is 47.5 Å². The summed E-state index contributed by atoms with van der Waals surface area (Å²) in [5.41, 5.74) is 2.12. The molecule has 0 bridgehead atoms. The van der Waals surface area contributed by atoms with Crippen LogP contribution in [0, 0.1) is 0 Å². The predicted octanol–water partition coefficient (Wildman–Crippen LogP) is 5.12. The van der Waals surface area contributed by atoms with Crippen molar-refractivity contribution in [3.63, 3.8) is 0 Å². The lowest BCUT2D eigenvalue weighted by Gasteiger charge is -2.08. The molecule has 0 saturated heterocycles. The van der Waals surface area contributed by atoms with Crippen LogP contribution in [-0.4, -0.2) is 28.4 Å². The van der Waals surface area contributed by atoms with Crippen molar-refractivity contribution in [2.75, 3.05) is 28.4 Å². The fourth-order valence-corrected chi connectivity index (χ4v) is 3.53. The van der Waals surface area contributed by atoms with E-state index in [9.17, 15) is 0 Å². The maximum atomic E-state index is 5.36. The number of methoxy groups -OCH3 is 4. The first-order chi connectivity index (χ1) is 12.2. The molecule has 1 aromatic heterocycles. The Labute approximate surface area is 151 Å². The Bertz CT molecular complexity index is 755. The molecule has 0 N–H and O–H groups in total. The maximum Gasteiger partial charge on any atom is 0.123 e. The molecular weight excluding hydrogens is 336 g/mol. The average molecular weight is 356 g/mol. The highest BCUT2D eigenvalue weighted by Gasteiger charge is 2.10. The largest absolute Gasteiger partial charge is 0.497 e. The second-order valence-corrected chi connectivity index (χ2v) is 6.45. The van der Waals surface area contributed by atoms with Crippen LogP contribution in [0.3, 0.4) is 0 Å². The highest BCUT2D eigenvalue weighted by Crippen LogP contribution is 2.39. The molecule has 0 aliphatic rings. The lowest BCUT2D eigenvalue weighted by atomic mass is 10.1. The van der Waals surface area contributed by atoms with E-state index in [-0.39, 0.29) is 0 Å². The Hall–Kier alpha value is -2.66. The van der Waals surface area contributed by atoms with Gasteiger partial charge in [0.25, 0.3) is 0 Å². The van der Waals surface area contributed by atoms with Crippen LogP contribution in [0.2, 0.25) is 0 Å². The van der Waals surface area contributed by atoms with Crippen molar-refractivity contribution in [1.29, 1.82) is 0 Å². The fourth-order valence-electron chi connectivity index (χ4n) is 2.55. The third-order valence-corrected chi connectivity index (χ3v) is 5.06. The second-order valence-electron chi connectivity index (χ2n) is 5.37. The van der Waals surface area contributed by atoms with E-state index in [1.165, 1.54) is 0 Å². The summed E-state index contributed by atoms with van der Waals surface area (Å²) in [5, 5.41) is 0. The van der Waals surface area contributed by atoms with Gasteiger partial charge in [0.05, 0.1) is 28.4 Å². The first-order valence-electron chi connectivity index (χ1n) is 7.73. The molecule has 130 valence electrons. The molecule has 0 atom stereocenters. The van der Waals surface area contributed by atoms with E-state index >= 15 is 0 Å². The van der Waals surface area contributed by atoms with Crippen LogP contribution in [0.4, 0.5) is 0 Å². The molecule has 0 amide bonds. The van der Waals surface area contributed by atoms with Crippen LogP contribution in [0.25, 0.3) is 20.9 Å². The van der Waals surface area contributed by atoms with Crippen molar-refractivity contribution in [1.82, 2.24) is 0 Å². The monoisotopic (exact) mass is 356 g/mol. The molecule has 0 aliphatic carbocycles. The van der Waals surface area contributed by atoms with Gasteiger partial charge in [0.15, 0.2) is 0 Å². The van der Waals surface area contributed by atoms with Gasteiger partial charge < -0.3 is 18.9 Å². The molecule has 3 aromatic rings. The minimum Gasteiger partial charge on any atom is -0.497 e. The summed E-state index contributed by atoms with van der Waals surface area (Å²) in [6, 6.07) is 15.9. The standard InChI is InChI=1S/C20H20O4S/c1-21-15-7-13(8-16(11-15)22-2)19-5-6-20(25-19)14-9-17(23-3)12-18(10-14)24-4/h5-12H,1-4H3. The number of ether oxygens (including phenoxy) is 4. The van der Waals surface area contributed by atoms with Crippen molar-refractivity contribution in [3.8, 4) is 43.9 Å². The van der Waals surface area contributed by atoms with Crippen LogP contribution in [-0.2, 0) is 0 Å². The van der Waals surface area contributed by atoms with Gasteiger partial charge in [0.1, 0.15) is 23.0 Å². The molecule has 0 saturated carbocycles. The summed E-state index contributed by atoms with van der Waals surface area (Å²) in [6.07, 6.45) is 0. The SMILES string of the molecule is COc1cc(OC)cc(-c2ccc(-c3cc(OC)cc(OC)c3)s2)c1. The van der Waals surface area contributed by atoms with Gasteiger partial charge >= 0.3 is 0 Å². The minimum atomic E-state index is 0.771. The van der Waals surface area contributed by atoms with Gasteiger partial charge in [-0.1, -0.05) is 0 Å². The summed E-state index contributed by atoms with van der Waals surface area (Å²) in [5.74, 6) is 3.08. The smallest absolute Gasteiger partial charge is 0.123 e.